The van der Waals surface area contributed by atoms with E-state index >= 15 is 0 Å². The topological polar surface area (TPSA) is 97.3 Å². The molecule has 0 saturated heterocycles. The molecule has 8 nitrogen and oxygen atoms in total. The van der Waals surface area contributed by atoms with Gasteiger partial charge in [-0.15, -0.1) is 0 Å². The van der Waals surface area contributed by atoms with Gasteiger partial charge in [0.15, 0.2) is 10.5 Å². The highest BCUT2D eigenvalue weighted by atomic mass is 35.5. The van der Waals surface area contributed by atoms with Gasteiger partial charge in [0.2, 0.25) is 5.88 Å². The summed E-state index contributed by atoms with van der Waals surface area (Å²) in [6.07, 6.45) is 1.16. The van der Waals surface area contributed by atoms with E-state index in [4.69, 9.17) is 23.8 Å². The third kappa shape index (κ3) is 3.72. The number of aromatic hydroxyl groups is 1. The molecule has 162 valence electrons. The molecule has 0 aliphatic heterocycles. The minimum absolute atomic E-state index is 0.00861. The predicted molar refractivity (Wildman–Crippen MR) is 127 cm³/mol. The van der Waals surface area contributed by atoms with Crippen LogP contribution in [0.25, 0.3) is 11.4 Å². The first-order valence-electron chi connectivity index (χ1n) is 9.52. The Hall–Kier alpha value is -3.69. The van der Waals surface area contributed by atoms with Gasteiger partial charge in [-0.25, -0.2) is 9.67 Å². The first-order valence-corrected chi connectivity index (χ1v) is 10.3. The summed E-state index contributed by atoms with van der Waals surface area (Å²) >= 11 is 11.1. The zero-order valence-electron chi connectivity index (χ0n) is 17.1. The Morgan fingerprint density at radius 3 is 2.38 bits per heavy atom. The lowest BCUT2D eigenvalue weighted by molar-refractivity contribution is 0.432. The molecule has 0 aliphatic rings. The van der Waals surface area contributed by atoms with Crippen molar-refractivity contribution in [1.29, 1.82) is 0 Å². The van der Waals surface area contributed by atoms with E-state index in [0.717, 1.165) is 6.21 Å². The Morgan fingerprint density at radius 1 is 1.06 bits per heavy atom. The number of benzene rings is 2. The quantitative estimate of drug-likeness (QED) is 0.352. The standard InChI is InChI=1S/C22H18ClN5O3S/c1-13-18(21(31)28(26(13)2)16-6-4-3-5-7-16)24-12-17-19(29)25-22(32)27(20(17)30)15-10-8-14(23)9-11-15/h3-12,30H,1-2H3,(H,25,29,32). The van der Waals surface area contributed by atoms with Gasteiger partial charge in [0.1, 0.15) is 5.56 Å². The van der Waals surface area contributed by atoms with E-state index in [-0.39, 0.29) is 21.6 Å². The molecular weight excluding hydrogens is 450 g/mol. The zero-order chi connectivity index (χ0) is 23.0. The highest BCUT2D eigenvalue weighted by Gasteiger charge is 2.17. The van der Waals surface area contributed by atoms with Crippen LogP contribution in [0, 0.1) is 11.7 Å². The minimum atomic E-state index is -0.626. The van der Waals surface area contributed by atoms with E-state index in [2.05, 4.69) is 9.98 Å². The molecule has 2 heterocycles. The van der Waals surface area contributed by atoms with Crippen LogP contribution in [-0.2, 0) is 7.05 Å². The summed E-state index contributed by atoms with van der Waals surface area (Å²) in [6, 6.07) is 15.7. The molecule has 4 aromatic rings. The molecule has 2 aromatic carbocycles. The number of hydrogen-bond donors (Lipinski definition) is 2. The van der Waals surface area contributed by atoms with Crippen LogP contribution in [0.3, 0.4) is 0 Å². The van der Waals surface area contributed by atoms with Gasteiger partial charge in [-0.05, 0) is 55.5 Å². The molecule has 32 heavy (non-hydrogen) atoms. The Morgan fingerprint density at radius 2 is 1.72 bits per heavy atom. The summed E-state index contributed by atoms with van der Waals surface area (Å²) in [5.74, 6) is -0.401. The summed E-state index contributed by atoms with van der Waals surface area (Å²) in [5.41, 5.74) is 0.813. The number of H-pyrrole nitrogens is 1. The van der Waals surface area contributed by atoms with Gasteiger partial charge < -0.3 is 5.11 Å². The summed E-state index contributed by atoms with van der Waals surface area (Å²) in [7, 11) is 1.74. The van der Waals surface area contributed by atoms with Crippen molar-refractivity contribution in [2.45, 2.75) is 6.92 Å². The van der Waals surface area contributed by atoms with Gasteiger partial charge in [0.05, 0.1) is 17.1 Å². The van der Waals surface area contributed by atoms with Gasteiger partial charge in [0.25, 0.3) is 11.1 Å². The fourth-order valence-corrected chi connectivity index (χ4v) is 3.73. The molecule has 0 atom stereocenters. The average molecular weight is 468 g/mol. The van der Waals surface area contributed by atoms with Gasteiger partial charge in [0, 0.05) is 18.3 Å². The first-order chi connectivity index (χ1) is 15.3. The third-order valence-corrected chi connectivity index (χ3v) is 5.59. The summed E-state index contributed by atoms with van der Waals surface area (Å²) < 4.78 is 4.45. The van der Waals surface area contributed by atoms with Crippen molar-refractivity contribution in [2.24, 2.45) is 12.0 Å². The number of nitrogens with one attached hydrogen (secondary N) is 1. The van der Waals surface area contributed by atoms with Crippen molar-refractivity contribution in [3.05, 3.63) is 96.4 Å². The Bertz CT molecular complexity index is 1510. The number of halogens is 1. The van der Waals surface area contributed by atoms with Crippen molar-refractivity contribution in [2.75, 3.05) is 0 Å². The smallest absolute Gasteiger partial charge is 0.297 e. The maximum atomic E-state index is 13.0. The lowest BCUT2D eigenvalue weighted by atomic mass is 10.3. The number of aromatic nitrogens is 4. The van der Waals surface area contributed by atoms with E-state index in [1.54, 1.807) is 42.9 Å². The summed E-state index contributed by atoms with van der Waals surface area (Å²) in [6.45, 7) is 1.75. The van der Waals surface area contributed by atoms with E-state index < -0.39 is 11.4 Å². The minimum Gasteiger partial charge on any atom is -0.494 e. The number of nitrogens with zero attached hydrogens (tertiary/aromatic N) is 4. The van der Waals surface area contributed by atoms with E-state index in [9.17, 15) is 14.7 Å². The molecule has 0 spiro atoms. The van der Waals surface area contributed by atoms with Crippen molar-refractivity contribution in [1.82, 2.24) is 18.9 Å². The second kappa shape index (κ2) is 8.45. The maximum Gasteiger partial charge on any atom is 0.297 e. The molecule has 0 fully saturated rings. The van der Waals surface area contributed by atoms with E-state index in [0.29, 0.717) is 22.1 Å². The predicted octanol–water partition coefficient (Wildman–Crippen LogP) is 3.80. The lowest BCUT2D eigenvalue weighted by Crippen LogP contribution is -2.19. The van der Waals surface area contributed by atoms with Crippen molar-refractivity contribution in [3.8, 4) is 17.3 Å². The molecule has 0 bridgehead atoms. The van der Waals surface area contributed by atoms with E-state index in [1.807, 2.05) is 30.3 Å². The molecule has 0 amide bonds. The van der Waals surface area contributed by atoms with Crippen LogP contribution in [0.15, 0.2) is 69.2 Å². The van der Waals surface area contributed by atoms with Crippen LogP contribution < -0.4 is 11.1 Å². The van der Waals surface area contributed by atoms with Crippen LogP contribution in [0.1, 0.15) is 11.3 Å². The maximum absolute atomic E-state index is 13.0. The molecule has 0 aliphatic carbocycles. The second-order valence-corrected chi connectivity index (χ2v) is 7.80. The van der Waals surface area contributed by atoms with Gasteiger partial charge in [-0.1, -0.05) is 29.8 Å². The number of rotatable bonds is 4. The van der Waals surface area contributed by atoms with Crippen molar-refractivity contribution < 1.29 is 5.11 Å². The SMILES string of the molecule is Cc1c(N=Cc2c(O)n(-c3ccc(Cl)cc3)c(=S)[nH]c2=O)c(=O)n(-c2ccccc2)n1C. The number of aromatic amines is 1. The summed E-state index contributed by atoms with van der Waals surface area (Å²) in [4.78, 5) is 32.3. The van der Waals surface area contributed by atoms with Gasteiger partial charge >= 0.3 is 0 Å². The average Bonchev–Trinajstić information content (AvgIpc) is 2.98. The number of aliphatic imine (C=N–C) groups is 1. The van der Waals surface area contributed by atoms with Crippen molar-refractivity contribution >= 4 is 35.7 Å². The highest BCUT2D eigenvalue weighted by molar-refractivity contribution is 7.71. The number of hydrogen-bond acceptors (Lipinski definition) is 5. The fourth-order valence-electron chi connectivity index (χ4n) is 3.32. The first kappa shape index (κ1) is 21.5. The summed E-state index contributed by atoms with van der Waals surface area (Å²) in [5, 5.41) is 11.3. The normalized spacial score (nSPS) is 11.3. The number of para-hydroxylation sites is 1. The molecule has 2 N–H and O–H groups in total. The Kier molecular flexibility index (Phi) is 5.68. The zero-order valence-corrected chi connectivity index (χ0v) is 18.7. The molecule has 2 aromatic heterocycles. The van der Waals surface area contributed by atoms with Crippen LogP contribution >= 0.6 is 23.8 Å². The third-order valence-electron chi connectivity index (χ3n) is 5.05. The van der Waals surface area contributed by atoms with Gasteiger partial charge in [-0.3, -0.25) is 23.8 Å². The largest absolute Gasteiger partial charge is 0.494 e. The van der Waals surface area contributed by atoms with Gasteiger partial charge in [-0.2, -0.15) is 0 Å². The molecule has 0 saturated carbocycles. The van der Waals surface area contributed by atoms with Crippen LogP contribution in [0.2, 0.25) is 5.02 Å². The monoisotopic (exact) mass is 467 g/mol. The fraction of sp³-hybridized carbons (Fsp3) is 0.0909. The highest BCUT2D eigenvalue weighted by Crippen LogP contribution is 2.22. The van der Waals surface area contributed by atoms with E-state index in [1.165, 1.54) is 9.25 Å². The second-order valence-electron chi connectivity index (χ2n) is 6.98. The molecular formula is C22H18ClN5O3S. The molecule has 10 heteroatoms. The van der Waals surface area contributed by atoms with Crippen LogP contribution in [0.5, 0.6) is 5.88 Å². The lowest BCUT2D eigenvalue weighted by Gasteiger charge is -2.11. The van der Waals surface area contributed by atoms with Crippen molar-refractivity contribution in [3.63, 3.8) is 0 Å². The molecule has 0 unspecified atom stereocenters. The molecule has 4 rings (SSSR count). The van der Waals surface area contributed by atoms with Crippen LogP contribution in [0.4, 0.5) is 5.69 Å². The Balaban J connectivity index is 1.84. The molecule has 0 radical (unpaired) electrons. The Labute approximate surface area is 192 Å². The van der Waals surface area contributed by atoms with Crippen LogP contribution in [-0.4, -0.2) is 30.2 Å².